The molecule has 0 radical (unpaired) electrons. The van der Waals surface area contributed by atoms with Crippen molar-refractivity contribution in [1.82, 2.24) is 5.32 Å². The molecule has 1 heterocycles. The highest BCUT2D eigenvalue weighted by atomic mass is 127. The molecule has 4 nitrogen and oxygen atoms in total. The highest BCUT2D eigenvalue weighted by molar-refractivity contribution is 14.1. The lowest BCUT2D eigenvalue weighted by Gasteiger charge is -2.28. The highest BCUT2D eigenvalue weighted by Crippen LogP contribution is 2.22. The quantitative estimate of drug-likeness (QED) is 0.458. The summed E-state index contributed by atoms with van der Waals surface area (Å²) in [5.41, 5.74) is 2.46. The standard InChI is InChI=1S/C19H19ClIN3OS/c20-17-9-4-13(21)12-16(17)18(25)23-19(26)22-14-5-7-15(8-6-14)24-10-2-1-3-11-24/h4-9,12H,1-3,10-11H2,(H2,22,23,25,26). The summed E-state index contributed by atoms with van der Waals surface area (Å²) in [5, 5.41) is 6.36. The smallest absolute Gasteiger partial charge is 0.258 e. The van der Waals surface area contributed by atoms with E-state index in [1.54, 1.807) is 12.1 Å². The Bertz CT molecular complexity index is 807. The molecular weight excluding hydrogens is 481 g/mol. The number of hydrogen-bond acceptors (Lipinski definition) is 3. The fourth-order valence-corrected chi connectivity index (χ4v) is 3.82. The van der Waals surface area contributed by atoms with Crippen LogP contribution in [-0.2, 0) is 0 Å². The second-order valence-corrected chi connectivity index (χ2v) is 8.19. The molecule has 1 amide bonds. The van der Waals surface area contributed by atoms with Crippen LogP contribution in [0.3, 0.4) is 0 Å². The van der Waals surface area contributed by atoms with Crippen molar-refractivity contribution in [2.24, 2.45) is 0 Å². The van der Waals surface area contributed by atoms with Crippen LogP contribution in [0.1, 0.15) is 29.6 Å². The molecule has 7 heteroatoms. The van der Waals surface area contributed by atoms with Gasteiger partial charge < -0.3 is 10.2 Å². The van der Waals surface area contributed by atoms with Gasteiger partial charge in [0.25, 0.3) is 5.91 Å². The number of nitrogens with one attached hydrogen (secondary N) is 2. The lowest BCUT2D eigenvalue weighted by Crippen LogP contribution is -2.34. The third-order valence-corrected chi connectivity index (χ3v) is 5.45. The minimum absolute atomic E-state index is 0.246. The zero-order chi connectivity index (χ0) is 18.5. The molecule has 0 aromatic heterocycles. The van der Waals surface area contributed by atoms with Gasteiger partial charge in [0.2, 0.25) is 0 Å². The predicted molar refractivity (Wildman–Crippen MR) is 120 cm³/mol. The molecular formula is C19H19ClIN3OS. The van der Waals surface area contributed by atoms with Crippen molar-refractivity contribution >= 4 is 68.8 Å². The maximum Gasteiger partial charge on any atom is 0.258 e. The van der Waals surface area contributed by atoms with Crippen LogP contribution in [0.25, 0.3) is 0 Å². The average Bonchev–Trinajstić information content (AvgIpc) is 2.65. The van der Waals surface area contributed by atoms with E-state index in [4.69, 9.17) is 23.8 Å². The number of halogens is 2. The summed E-state index contributed by atoms with van der Waals surface area (Å²) in [4.78, 5) is 14.7. The number of anilines is 2. The summed E-state index contributed by atoms with van der Waals surface area (Å²) in [5.74, 6) is -0.323. The Morgan fingerprint density at radius 3 is 2.46 bits per heavy atom. The van der Waals surface area contributed by atoms with Gasteiger partial charge >= 0.3 is 0 Å². The Morgan fingerprint density at radius 2 is 1.77 bits per heavy atom. The van der Waals surface area contributed by atoms with Crippen LogP contribution in [0, 0.1) is 3.57 Å². The number of rotatable bonds is 3. The van der Waals surface area contributed by atoms with Crippen LogP contribution < -0.4 is 15.5 Å². The van der Waals surface area contributed by atoms with Gasteiger partial charge in [-0.3, -0.25) is 10.1 Å². The van der Waals surface area contributed by atoms with Crippen LogP contribution >= 0.6 is 46.4 Å². The van der Waals surface area contributed by atoms with Gasteiger partial charge in [-0.05, 0) is 96.5 Å². The summed E-state index contributed by atoms with van der Waals surface area (Å²) in [6, 6.07) is 13.4. The van der Waals surface area contributed by atoms with Gasteiger partial charge in [0.05, 0.1) is 10.6 Å². The Hall–Kier alpha value is -1.38. The number of carbonyl (C=O) groups is 1. The van der Waals surface area contributed by atoms with E-state index in [0.717, 1.165) is 22.3 Å². The number of nitrogens with zero attached hydrogens (tertiary/aromatic N) is 1. The van der Waals surface area contributed by atoms with E-state index in [9.17, 15) is 4.79 Å². The fourth-order valence-electron chi connectivity index (χ4n) is 2.91. The first-order valence-corrected chi connectivity index (χ1v) is 10.3. The first-order chi connectivity index (χ1) is 12.5. The summed E-state index contributed by atoms with van der Waals surface area (Å²) >= 11 is 13.5. The Balaban J connectivity index is 1.59. The minimum Gasteiger partial charge on any atom is -0.372 e. The second-order valence-electron chi connectivity index (χ2n) is 6.13. The van der Waals surface area contributed by atoms with Crippen LogP contribution in [0.4, 0.5) is 11.4 Å². The summed E-state index contributed by atoms with van der Waals surface area (Å²) in [7, 11) is 0. The molecule has 3 rings (SSSR count). The molecule has 1 saturated heterocycles. The second kappa shape index (κ2) is 9.01. The molecule has 2 aromatic carbocycles. The highest BCUT2D eigenvalue weighted by Gasteiger charge is 2.13. The first-order valence-electron chi connectivity index (χ1n) is 8.45. The van der Waals surface area contributed by atoms with Gasteiger partial charge in [-0.1, -0.05) is 11.6 Å². The topological polar surface area (TPSA) is 44.4 Å². The molecule has 1 fully saturated rings. The molecule has 0 atom stereocenters. The normalized spacial score (nSPS) is 14.0. The van der Waals surface area contributed by atoms with Crippen molar-refractivity contribution < 1.29 is 4.79 Å². The van der Waals surface area contributed by atoms with Gasteiger partial charge in [0.15, 0.2) is 5.11 Å². The predicted octanol–water partition coefficient (Wildman–Crippen LogP) is 5.06. The number of carbonyl (C=O) groups excluding carboxylic acids is 1. The summed E-state index contributed by atoms with van der Waals surface area (Å²) in [6.45, 7) is 2.22. The molecule has 0 bridgehead atoms. The zero-order valence-corrected chi connectivity index (χ0v) is 17.8. The maximum absolute atomic E-state index is 12.3. The molecule has 0 aliphatic carbocycles. The number of benzene rings is 2. The monoisotopic (exact) mass is 499 g/mol. The lowest BCUT2D eigenvalue weighted by molar-refractivity contribution is 0.0978. The van der Waals surface area contributed by atoms with E-state index in [-0.39, 0.29) is 11.0 Å². The Kier molecular flexibility index (Phi) is 6.72. The van der Waals surface area contributed by atoms with Gasteiger partial charge in [-0.2, -0.15) is 0 Å². The van der Waals surface area contributed by atoms with Crippen molar-refractivity contribution in [3.63, 3.8) is 0 Å². The molecule has 26 heavy (non-hydrogen) atoms. The van der Waals surface area contributed by atoms with Crippen molar-refractivity contribution in [3.05, 3.63) is 56.6 Å². The van der Waals surface area contributed by atoms with Crippen LogP contribution in [-0.4, -0.2) is 24.1 Å². The van der Waals surface area contributed by atoms with Crippen molar-refractivity contribution in [2.75, 3.05) is 23.3 Å². The van der Waals surface area contributed by atoms with E-state index in [1.807, 2.05) is 18.2 Å². The number of piperidine rings is 1. The van der Waals surface area contributed by atoms with Crippen molar-refractivity contribution in [2.45, 2.75) is 19.3 Å². The van der Waals surface area contributed by atoms with E-state index in [2.05, 4.69) is 50.3 Å². The fraction of sp³-hybridized carbons (Fsp3) is 0.263. The minimum atomic E-state index is -0.323. The largest absolute Gasteiger partial charge is 0.372 e. The molecule has 0 spiro atoms. The zero-order valence-electron chi connectivity index (χ0n) is 14.1. The van der Waals surface area contributed by atoms with E-state index < -0.39 is 0 Å². The van der Waals surface area contributed by atoms with Crippen LogP contribution in [0.15, 0.2) is 42.5 Å². The SMILES string of the molecule is O=C(NC(=S)Nc1ccc(N2CCCCC2)cc1)c1cc(I)ccc1Cl. The van der Waals surface area contributed by atoms with Crippen LogP contribution in [0.5, 0.6) is 0 Å². The molecule has 2 N–H and O–H groups in total. The lowest BCUT2D eigenvalue weighted by atomic mass is 10.1. The van der Waals surface area contributed by atoms with Crippen LogP contribution in [0.2, 0.25) is 5.02 Å². The number of amides is 1. The molecule has 2 aromatic rings. The summed E-state index contributed by atoms with van der Waals surface area (Å²) in [6.07, 6.45) is 3.81. The van der Waals surface area contributed by atoms with Crippen molar-refractivity contribution in [1.29, 1.82) is 0 Å². The Morgan fingerprint density at radius 1 is 1.08 bits per heavy atom. The van der Waals surface area contributed by atoms with E-state index >= 15 is 0 Å². The van der Waals surface area contributed by atoms with Crippen molar-refractivity contribution in [3.8, 4) is 0 Å². The maximum atomic E-state index is 12.3. The third kappa shape index (κ3) is 5.08. The molecule has 1 aliphatic heterocycles. The molecule has 0 unspecified atom stereocenters. The summed E-state index contributed by atoms with van der Waals surface area (Å²) < 4.78 is 0.935. The van der Waals surface area contributed by atoms with E-state index in [0.29, 0.717) is 10.6 Å². The van der Waals surface area contributed by atoms with E-state index in [1.165, 1.54) is 24.9 Å². The average molecular weight is 500 g/mol. The molecule has 0 saturated carbocycles. The number of thiocarbonyl (C=S) groups is 1. The third-order valence-electron chi connectivity index (χ3n) is 4.25. The van der Waals surface area contributed by atoms with Gasteiger partial charge in [-0.15, -0.1) is 0 Å². The molecule has 136 valence electrons. The molecule has 1 aliphatic rings. The van der Waals surface area contributed by atoms with Gasteiger partial charge in [0.1, 0.15) is 0 Å². The number of hydrogen-bond donors (Lipinski definition) is 2. The first kappa shape index (κ1) is 19.4. The Labute approximate surface area is 177 Å². The van der Waals surface area contributed by atoms with Gasteiger partial charge in [0, 0.05) is 28.0 Å². The van der Waals surface area contributed by atoms with Gasteiger partial charge in [-0.25, -0.2) is 0 Å².